The molecule has 0 aliphatic carbocycles. The largest absolute Gasteiger partial charge is 0.381 e. The molecule has 19 heavy (non-hydrogen) atoms. The maximum atomic E-state index is 12.2. The Morgan fingerprint density at radius 1 is 1.42 bits per heavy atom. The van der Waals surface area contributed by atoms with E-state index in [0.717, 1.165) is 0 Å². The van der Waals surface area contributed by atoms with E-state index in [1.54, 1.807) is 38.4 Å². The lowest BCUT2D eigenvalue weighted by molar-refractivity contribution is 0.564. The van der Waals surface area contributed by atoms with Crippen LogP contribution in [0.3, 0.4) is 0 Å². The zero-order chi connectivity index (χ0) is 14.0. The molecule has 1 unspecified atom stereocenters. The molecule has 3 N–H and O–H groups in total. The minimum atomic E-state index is -3.72. The van der Waals surface area contributed by atoms with Gasteiger partial charge in [-0.2, -0.15) is 5.10 Å². The van der Waals surface area contributed by atoms with Gasteiger partial charge >= 0.3 is 0 Å². The van der Waals surface area contributed by atoms with Crippen molar-refractivity contribution in [2.45, 2.75) is 17.9 Å². The highest BCUT2D eigenvalue weighted by molar-refractivity contribution is 7.89. The van der Waals surface area contributed by atoms with Gasteiger partial charge in [0.25, 0.3) is 0 Å². The Balaban J connectivity index is 2.25. The van der Waals surface area contributed by atoms with Gasteiger partial charge < -0.3 is 5.73 Å². The van der Waals surface area contributed by atoms with Gasteiger partial charge in [0.15, 0.2) is 5.82 Å². The summed E-state index contributed by atoms with van der Waals surface area (Å²) in [5.41, 5.74) is 6.21. The second-order valence-corrected chi connectivity index (χ2v) is 5.83. The summed E-state index contributed by atoms with van der Waals surface area (Å²) >= 11 is 0. The number of nitrogens with two attached hydrogens (primary N) is 1. The molecule has 2 heterocycles. The average molecular weight is 281 g/mol. The van der Waals surface area contributed by atoms with E-state index >= 15 is 0 Å². The first-order chi connectivity index (χ1) is 8.90. The predicted molar refractivity (Wildman–Crippen MR) is 70.6 cm³/mol. The second-order valence-electron chi connectivity index (χ2n) is 4.15. The number of nitrogens with zero attached hydrogens (tertiary/aromatic N) is 3. The molecule has 0 spiro atoms. The molecule has 0 aliphatic rings. The van der Waals surface area contributed by atoms with E-state index in [-0.39, 0.29) is 10.7 Å². The van der Waals surface area contributed by atoms with Crippen molar-refractivity contribution >= 4 is 15.8 Å². The summed E-state index contributed by atoms with van der Waals surface area (Å²) in [5, 5.41) is 3.82. The SMILES string of the molecule is CC(NS(=O)(=O)c1cn(C)nc1N)c1ccccn1. The van der Waals surface area contributed by atoms with Gasteiger partial charge in [0.05, 0.1) is 11.7 Å². The molecule has 2 aromatic heterocycles. The Morgan fingerprint density at radius 2 is 2.16 bits per heavy atom. The maximum Gasteiger partial charge on any atom is 0.246 e. The molecule has 0 saturated carbocycles. The van der Waals surface area contributed by atoms with Crippen LogP contribution in [0.25, 0.3) is 0 Å². The van der Waals surface area contributed by atoms with Crippen LogP contribution in [-0.2, 0) is 17.1 Å². The molecule has 0 aromatic carbocycles. The lowest BCUT2D eigenvalue weighted by Gasteiger charge is -2.12. The van der Waals surface area contributed by atoms with Crippen LogP contribution >= 0.6 is 0 Å². The van der Waals surface area contributed by atoms with Crippen LogP contribution in [0.2, 0.25) is 0 Å². The molecule has 2 rings (SSSR count). The minimum absolute atomic E-state index is 0.0248. The zero-order valence-electron chi connectivity index (χ0n) is 10.6. The lowest BCUT2D eigenvalue weighted by Crippen LogP contribution is -2.27. The fourth-order valence-electron chi connectivity index (χ4n) is 1.68. The second kappa shape index (κ2) is 4.98. The van der Waals surface area contributed by atoms with Gasteiger partial charge in [-0.05, 0) is 19.1 Å². The third kappa shape index (κ3) is 2.91. The van der Waals surface area contributed by atoms with Gasteiger partial charge in [-0.1, -0.05) is 6.07 Å². The smallest absolute Gasteiger partial charge is 0.246 e. The van der Waals surface area contributed by atoms with E-state index in [1.807, 2.05) is 0 Å². The molecule has 2 aromatic rings. The van der Waals surface area contributed by atoms with Gasteiger partial charge in [-0.3, -0.25) is 9.67 Å². The summed E-state index contributed by atoms with van der Waals surface area (Å²) in [6.45, 7) is 1.71. The molecule has 102 valence electrons. The molecular formula is C11H15N5O2S. The average Bonchev–Trinajstić information content (AvgIpc) is 2.70. The summed E-state index contributed by atoms with van der Waals surface area (Å²) < 4.78 is 28.2. The fraction of sp³-hybridized carbons (Fsp3) is 0.273. The Hall–Kier alpha value is -1.93. The summed E-state index contributed by atoms with van der Waals surface area (Å²) in [4.78, 5) is 4.08. The van der Waals surface area contributed by atoms with Crippen molar-refractivity contribution < 1.29 is 8.42 Å². The van der Waals surface area contributed by atoms with E-state index < -0.39 is 16.1 Å². The van der Waals surface area contributed by atoms with Gasteiger partial charge in [0.1, 0.15) is 4.90 Å². The molecule has 0 fully saturated rings. The van der Waals surface area contributed by atoms with Crippen molar-refractivity contribution in [3.05, 3.63) is 36.3 Å². The van der Waals surface area contributed by atoms with Crippen LogP contribution in [0.4, 0.5) is 5.82 Å². The number of aryl methyl sites for hydroxylation is 1. The van der Waals surface area contributed by atoms with E-state index in [1.165, 1.54) is 10.9 Å². The summed E-state index contributed by atoms with van der Waals surface area (Å²) in [5.74, 6) is -0.0248. The summed E-state index contributed by atoms with van der Waals surface area (Å²) in [6, 6.07) is 4.86. The highest BCUT2D eigenvalue weighted by Gasteiger charge is 2.23. The van der Waals surface area contributed by atoms with Crippen LogP contribution in [0.5, 0.6) is 0 Å². The lowest BCUT2D eigenvalue weighted by atomic mass is 10.2. The van der Waals surface area contributed by atoms with Crippen LogP contribution in [0.15, 0.2) is 35.5 Å². The molecule has 0 saturated heterocycles. The first-order valence-corrected chi connectivity index (χ1v) is 7.11. The molecule has 0 amide bonds. The molecule has 0 bridgehead atoms. The number of hydrogen-bond acceptors (Lipinski definition) is 5. The van der Waals surface area contributed by atoms with E-state index in [2.05, 4.69) is 14.8 Å². The molecule has 1 atom stereocenters. The van der Waals surface area contributed by atoms with Crippen molar-refractivity contribution in [1.29, 1.82) is 0 Å². The first kappa shape index (κ1) is 13.5. The van der Waals surface area contributed by atoms with Crippen molar-refractivity contribution in [3.63, 3.8) is 0 Å². The summed E-state index contributed by atoms with van der Waals surface area (Å²) in [7, 11) is -2.11. The van der Waals surface area contributed by atoms with E-state index in [0.29, 0.717) is 5.69 Å². The fourth-order valence-corrected chi connectivity index (χ4v) is 3.00. The third-order valence-electron chi connectivity index (χ3n) is 2.57. The molecule has 7 nitrogen and oxygen atoms in total. The highest BCUT2D eigenvalue weighted by Crippen LogP contribution is 2.18. The number of anilines is 1. The van der Waals surface area contributed by atoms with E-state index in [4.69, 9.17) is 5.73 Å². The standard InChI is InChI=1S/C11H15N5O2S/c1-8(9-5-3-4-6-13-9)15-19(17,18)10-7-16(2)14-11(10)12/h3-8,15H,1-2H3,(H2,12,14). The van der Waals surface area contributed by atoms with Crippen molar-refractivity contribution in [2.24, 2.45) is 7.05 Å². The van der Waals surface area contributed by atoms with Crippen LogP contribution in [0.1, 0.15) is 18.7 Å². The van der Waals surface area contributed by atoms with Crippen LogP contribution in [-0.4, -0.2) is 23.2 Å². The van der Waals surface area contributed by atoms with Gasteiger partial charge in [-0.25, -0.2) is 13.1 Å². The van der Waals surface area contributed by atoms with Crippen LogP contribution in [0, 0.1) is 0 Å². The molecule has 0 aliphatic heterocycles. The van der Waals surface area contributed by atoms with Gasteiger partial charge in [-0.15, -0.1) is 0 Å². The Labute approximate surface area is 111 Å². The molecule has 8 heteroatoms. The quantitative estimate of drug-likeness (QED) is 0.846. The minimum Gasteiger partial charge on any atom is -0.381 e. The van der Waals surface area contributed by atoms with Gasteiger partial charge in [0.2, 0.25) is 10.0 Å². The number of pyridine rings is 1. The zero-order valence-corrected chi connectivity index (χ0v) is 11.4. The maximum absolute atomic E-state index is 12.2. The highest BCUT2D eigenvalue weighted by atomic mass is 32.2. The van der Waals surface area contributed by atoms with Crippen molar-refractivity contribution in [1.82, 2.24) is 19.5 Å². The predicted octanol–water partition coefficient (Wildman–Crippen LogP) is 0.437. The monoisotopic (exact) mass is 281 g/mol. The third-order valence-corrected chi connectivity index (χ3v) is 4.13. The summed E-state index contributed by atoms with van der Waals surface area (Å²) in [6.07, 6.45) is 2.97. The number of sulfonamides is 1. The number of nitrogens with one attached hydrogen (secondary N) is 1. The Bertz CT molecular complexity index is 666. The van der Waals surface area contributed by atoms with E-state index in [9.17, 15) is 8.42 Å². The molecule has 0 radical (unpaired) electrons. The number of rotatable bonds is 4. The molecular weight excluding hydrogens is 266 g/mol. The van der Waals surface area contributed by atoms with Crippen molar-refractivity contribution in [3.8, 4) is 0 Å². The topological polar surface area (TPSA) is 103 Å². The Morgan fingerprint density at radius 3 is 2.68 bits per heavy atom. The normalized spacial score (nSPS) is 13.4. The van der Waals surface area contributed by atoms with Crippen molar-refractivity contribution in [2.75, 3.05) is 5.73 Å². The first-order valence-electron chi connectivity index (χ1n) is 5.62. The van der Waals surface area contributed by atoms with Crippen LogP contribution < -0.4 is 10.5 Å². The number of nitrogen functional groups attached to an aromatic ring is 1. The van der Waals surface area contributed by atoms with Gasteiger partial charge in [0, 0.05) is 19.4 Å². The Kier molecular flexibility index (Phi) is 3.54. The number of hydrogen-bond donors (Lipinski definition) is 2. The number of aromatic nitrogens is 3.